The van der Waals surface area contributed by atoms with Crippen LogP contribution in [0.25, 0.3) is 0 Å². The van der Waals surface area contributed by atoms with E-state index in [0.717, 1.165) is 24.8 Å². The molecule has 2 fully saturated rings. The Bertz CT molecular complexity index is 792. The number of ketones is 1. The molecule has 0 aromatic heterocycles. The zero-order chi connectivity index (χ0) is 21.0. The van der Waals surface area contributed by atoms with Gasteiger partial charge < -0.3 is 10.0 Å². The first-order chi connectivity index (χ1) is 13.9. The number of likely N-dealkylation sites (N-methyl/N-ethyl adjacent to an activating group) is 1. The second kappa shape index (κ2) is 12.8. The van der Waals surface area contributed by atoms with Crippen molar-refractivity contribution in [1.82, 2.24) is 9.80 Å². The maximum absolute atomic E-state index is 14.6. The Morgan fingerprint density at radius 2 is 1.97 bits per heavy atom. The van der Waals surface area contributed by atoms with Gasteiger partial charge in [-0.25, -0.2) is 4.39 Å². The third-order valence-corrected chi connectivity index (χ3v) is 6.28. The van der Waals surface area contributed by atoms with Crippen LogP contribution in [0, 0.1) is 11.7 Å². The van der Waals surface area contributed by atoms with Gasteiger partial charge in [0, 0.05) is 42.9 Å². The first kappa shape index (κ1) is 27.9. The molecule has 9 heteroatoms. The van der Waals surface area contributed by atoms with Crippen LogP contribution in [0.15, 0.2) is 35.9 Å². The molecule has 1 saturated carbocycles. The topological polar surface area (TPSA) is 60.9 Å². The van der Waals surface area contributed by atoms with Crippen LogP contribution in [0.2, 0.25) is 0 Å². The lowest BCUT2D eigenvalue weighted by molar-refractivity contribution is -0.137. The lowest BCUT2D eigenvalue weighted by Crippen LogP contribution is -2.43. The van der Waals surface area contributed by atoms with Crippen molar-refractivity contribution in [2.75, 3.05) is 33.2 Å². The zero-order valence-electron chi connectivity index (χ0n) is 17.6. The number of nitrogens with zero attached hydrogens (tertiary/aromatic N) is 2. The predicted molar refractivity (Wildman–Crippen MR) is 128 cm³/mol. The van der Waals surface area contributed by atoms with E-state index in [-0.39, 0.29) is 54.0 Å². The van der Waals surface area contributed by atoms with Gasteiger partial charge in [-0.3, -0.25) is 14.5 Å². The summed E-state index contributed by atoms with van der Waals surface area (Å²) < 4.78 is 14.6. The van der Waals surface area contributed by atoms with Gasteiger partial charge in [0.2, 0.25) is 0 Å². The molecule has 0 bridgehead atoms. The van der Waals surface area contributed by atoms with Crippen molar-refractivity contribution in [1.29, 1.82) is 0 Å². The van der Waals surface area contributed by atoms with Crippen LogP contribution < -0.4 is 0 Å². The van der Waals surface area contributed by atoms with Crippen molar-refractivity contribution < 1.29 is 19.1 Å². The fourth-order valence-corrected chi connectivity index (χ4v) is 4.08. The summed E-state index contributed by atoms with van der Waals surface area (Å²) in [4.78, 5) is 27.8. The molecule has 1 aromatic carbocycles. The molecule has 5 nitrogen and oxygen atoms in total. The van der Waals surface area contributed by atoms with E-state index >= 15 is 0 Å². The standard InChI is InChI=1S/C22H29FN2O3S.2ClH/c1-24(12-10-20(26)27)11-8-16-14-25(13-9-19(16)29)21(22(28)15-6-7-15)17-4-2-3-5-18(17)23;;/h2-5,8,15,19,21,29H,6-7,9-14H2,1H3,(H,26,27);2*1H. The lowest BCUT2D eigenvalue weighted by Gasteiger charge is -2.38. The SMILES string of the molecule is CN(CC=C1CN(C(C(=O)C2CC2)c2ccccc2F)CCC1S)CCC(=O)O.Cl.Cl. The van der Waals surface area contributed by atoms with E-state index in [1.165, 1.54) is 6.07 Å². The molecule has 1 saturated heterocycles. The van der Waals surface area contributed by atoms with Gasteiger partial charge in [0.15, 0.2) is 5.78 Å². The molecule has 1 aliphatic heterocycles. The first-order valence-corrected chi connectivity index (χ1v) is 10.7. The molecule has 0 radical (unpaired) electrons. The van der Waals surface area contributed by atoms with Gasteiger partial charge in [-0.1, -0.05) is 24.3 Å². The van der Waals surface area contributed by atoms with Gasteiger partial charge in [-0.15, -0.1) is 24.8 Å². The number of aliphatic carboxylic acids is 1. The molecule has 1 aromatic rings. The van der Waals surface area contributed by atoms with E-state index in [2.05, 4.69) is 11.0 Å². The summed E-state index contributed by atoms with van der Waals surface area (Å²) in [6, 6.07) is 6.01. The Hall–Kier alpha value is -1.12. The van der Waals surface area contributed by atoms with E-state index in [0.29, 0.717) is 31.7 Å². The number of carbonyl (C=O) groups excluding carboxylic acids is 1. The van der Waals surface area contributed by atoms with E-state index in [1.54, 1.807) is 18.2 Å². The van der Waals surface area contributed by atoms with Crippen molar-refractivity contribution in [3.63, 3.8) is 0 Å². The number of carboxylic acids is 1. The third-order valence-electron chi connectivity index (χ3n) is 5.69. The van der Waals surface area contributed by atoms with Crippen LogP contribution in [0.1, 0.15) is 37.3 Å². The molecular weight excluding hydrogens is 462 g/mol. The average molecular weight is 493 g/mol. The molecule has 2 aliphatic rings. The molecule has 0 spiro atoms. The summed E-state index contributed by atoms with van der Waals surface area (Å²) >= 11 is 4.70. The van der Waals surface area contributed by atoms with Gasteiger partial charge in [0.1, 0.15) is 5.82 Å². The van der Waals surface area contributed by atoms with E-state index in [9.17, 15) is 14.0 Å². The fourth-order valence-electron chi connectivity index (χ4n) is 3.78. The number of likely N-dealkylation sites (tertiary alicyclic amines) is 1. The van der Waals surface area contributed by atoms with Gasteiger partial charge in [-0.2, -0.15) is 12.6 Å². The van der Waals surface area contributed by atoms with E-state index < -0.39 is 12.0 Å². The molecular formula is C22H31Cl2FN2O3S. The molecule has 2 unspecified atom stereocenters. The molecule has 3 rings (SSSR count). The summed E-state index contributed by atoms with van der Waals surface area (Å²) in [5.74, 6) is -0.987. The number of hydrogen-bond donors (Lipinski definition) is 2. The predicted octanol–water partition coefficient (Wildman–Crippen LogP) is 4.03. The molecule has 1 heterocycles. The number of piperidine rings is 1. The third kappa shape index (κ3) is 7.75. The van der Waals surface area contributed by atoms with E-state index in [4.69, 9.17) is 17.7 Å². The van der Waals surface area contributed by atoms with Crippen LogP contribution in [0.4, 0.5) is 4.39 Å². The molecule has 1 N–H and O–H groups in total. The highest BCUT2D eigenvalue weighted by Gasteiger charge is 2.40. The first-order valence-electron chi connectivity index (χ1n) is 10.2. The maximum atomic E-state index is 14.6. The van der Waals surface area contributed by atoms with Crippen molar-refractivity contribution >= 4 is 49.2 Å². The van der Waals surface area contributed by atoms with Crippen LogP contribution >= 0.6 is 37.4 Å². The minimum Gasteiger partial charge on any atom is -0.481 e. The minimum absolute atomic E-state index is 0. The number of carbonyl (C=O) groups is 2. The summed E-state index contributed by atoms with van der Waals surface area (Å²) in [5.41, 5.74) is 1.56. The fraction of sp³-hybridized carbons (Fsp3) is 0.545. The summed E-state index contributed by atoms with van der Waals surface area (Å²) in [7, 11) is 1.88. The Morgan fingerprint density at radius 1 is 1.29 bits per heavy atom. The Labute approximate surface area is 201 Å². The lowest BCUT2D eigenvalue weighted by atomic mass is 9.93. The van der Waals surface area contributed by atoms with Crippen molar-refractivity contribution in [3.8, 4) is 0 Å². The average Bonchev–Trinajstić information content (AvgIpc) is 3.53. The number of carboxylic acid groups (broad SMARTS) is 1. The minimum atomic E-state index is -0.813. The zero-order valence-corrected chi connectivity index (χ0v) is 20.1. The molecule has 2 atom stereocenters. The number of rotatable bonds is 9. The largest absolute Gasteiger partial charge is 0.481 e. The van der Waals surface area contributed by atoms with Crippen LogP contribution in [0.5, 0.6) is 0 Å². The molecule has 31 heavy (non-hydrogen) atoms. The highest BCUT2D eigenvalue weighted by atomic mass is 35.5. The Balaban J connectivity index is 0.00000240. The molecule has 174 valence electrons. The van der Waals surface area contributed by atoms with Gasteiger partial charge in [0.05, 0.1) is 12.5 Å². The quantitative estimate of drug-likeness (QED) is 0.402. The Morgan fingerprint density at radius 3 is 2.58 bits per heavy atom. The van der Waals surface area contributed by atoms with Crippen LogP contribution in [-0.2, 0) is 9.59 Å². The summed E-state index contributed by atoms with van der Waals surface area (Å²) in [5, 5.41) is 8.92. The smallest absolute Gasteiger partial charge is 0.304 e. The van der Waals surface area contributed by atoms with Crippen LogP contribution in [-0.4, -0.2) is 65.1 Å². The number of Topliss-reactive ketones (excluding diaryl/α,β-unsaturated/α-hetero) is 1. The maximum Gasteiger partial charge on any atom is 0.304 e. The number of thiol groups is 1. The second-order valence-electron chi connectivity index (χ2n) is 8.06. The summed E-state index contributed by atoms with van der Waals surface area (Å²) in [6.45, 7) is 2.35. The van der Waals surface area contributed by atoms with Gasteiger partial charge in [-0.05, 0) is 37.9 Å². The monoisotopic (exact) mass is 492 g/mol. The normalized spacial score (nSPS) is 21.3. The number of hydrogen-bond acceptors (Lipinski definition) is 5. The number of halogens is 3. The Kier molecular flexibility index (Phi) is 11.5. The highest BCUT2D eigenvalue weighted by molar-refractivity contribution is 7.81. The van der Waals surface area contributed by atoms with Gasteiger partial charge in [0.25, 0.3) is 0 Å². The number of benzene rings is 1. The second-order valence-corrected chi connectivity index (χ2v) is 8.68. The molecule has 1 aliphatic carbocycles. The van der Waals surface area contributed by atoms with E-state index in [1.807, 2.05) is 11.9 Å². The van der Waals surface area contributed by atoms with Crippen LogP contribution in [0.3, 0.4) is 0 Å². The van der Waals surface area contributed by atoms with Crippen molar-refractivity contribution in [2.45, 2.75) is 37.0 Å². The molecule has 0 amide bonds. The highest BCUT2D eigenvalue weighted by Crippen LogP contribution is 2.39. The van der Waals surface area contributed by atoms with Gasteiger partial charge >= 0.3 is 5.97 Å². The van der Waals surface area contributed by atoms with Crippen molar-refractivity contribution in [3.05, 3.63) is 47.3 Å². The summed E-state index contributed by atoms with van der Waals surface area (Å²) in [6.07, 6.45) is 4.75. The van der Waals surface area contributed by atoms with Crippen molar-refractivity contribution in [2.24, 2.45) is 5.92 Å².